The van der Waals surface area contributed by atoms with Crippen LogP contribution in [-0.4, -0.2) is 230 Å². The number of phenolic OH excluding ortho intramolecular Hbond substituents is 1. The number of rotatable bonds is 58. The van der Waals surface area contributed by atoms with E-state index < -0.39 is 174 Å². The molecule has 0 saturated heterocycles. The first kappa shape index (κ1) is 98.2. The Labute approximate surface area is 650 Å². The molecular formula is C66H123N33O13. The molecule has 10 atom stereocenters. The van der Waals surface area contributed by atoms with E-state index in [1.165, 1.54) is 26.0 Å². The minimum absolute atomic E-state index is 0.00195. The molecule has 46 heteroatoms. The van der Waals surface area contributed by atoms with Gasteiger partial charge in [-0.2, -0.15) is 0 Å². The third-order valence-electron chi connectivity index (χ3n) is 16.9. The molecule has 0 aromatic heterocycles. The van der Waals surface area contributed by atoms with Gasteiger partial charge >= 0.3 is 0 Å². The molecule has 0 fully saturated rings. The van der Waals surface area contributed by atoms with Gasteiger partial charge in [0.15, 0.2) is 35.8 Å². The van der Waals surface area contributed by atoms with Gasteiger partial charge in [0.05, 0.1) is 6.04 Å². The summed E-state index contributed by atoms with van der Waals surface area (Å²) in [6.45, 7) is 3.22. The maximum absolute atomic E-state index is 14.9. The zero-order valence-electron chi connectivity index (χ0n) is 63.8. The molecule has 0 bridgehead atoms. The van der Waals surface area contributed by atoms with Gasteiger partial charge in [-0.25, -0.2) is 0 Å². The van der Waals surface area contributed by atoms with Crippen LogP contribution < -0.4 is 148 Å². The molecule has 1 aromatic rings. The Bertz CT molecular complexity index is 3290. The second-order valence-electron chi connectivity index (χ2n) is 27.0. The molecule has 0 aliphatic carbocycles. The van der Waals surface area contributed by atoms with Crippen LogP contribution in [0.2, 0.25) is 0 Å². The summed E-state index contributed by atoms with van der Waals surface area (Å²) in [5.74, 6) is -13.7. The van der Waals surface area contributed by atoms with Crippen molar-refractivity contribution >= 4 is 107 Å². The summed E-state index contributed by atoms with van der Waals surface area (Å²) in [6, 6.07) is -8.71. The lowest BCUT2D eigenvalue weighted by atomic mass is 9.99. The molecule has 12 amide bonds. The SMILES string of the molecule is CC(C)(NC(=O)[C@@H](N)Cc1ccc(O)cc1)C(=O)N[C@@H](CCCNC(=N)N)C(=O)N[C@@H](CCCCN)C(=O)N[C@@H](CCCCN)C(=O)N[C@@H](CCCNC(=N)N)C(=O)N[C@@H](CCCNC(=N)N)C(=O)N[C@@H](CCC(N)=O)C(=O)N[C@@H](CCCNC(=N)N)C(=O)N[C@@H](CCCNC(=N)N)C(=O)N[C@@H](CCCNC(=N)N)C(N)=O. The van der Waals surface area contributed by atoms with Gasteiger partial charge in [0.2, 0.25) is 70.9 Å². The van der Waals surface area contributed by atoms with Crippen LogP contribution in [0.4, 0.5) is 0 Å². The molecule has 0 aliphatic heterocycles. The van der Waals surface area contributed by atoms with Gasteiger partial charge in [-0.15, -0.1) is 0 Å². The Balaban J connectivity index is 3.92. The molecule has 46 nitrogen and oxygen atoms in total. The largest absolute Gasteiger partial charge is 0.508 e. The van der Waals surface area contributed by atoms with Crippen molar-refractivity contribution in [3.8, 4) is 5.75 Å². The first-order valence-electron chi connectivity index (χ1n) is 36.8. The van der Waals surface area contributed by atoms with Crippen LogP contribution in [0.1, 0.15) is 148 Å². The maximum atomic E-state index is 14.9. The number of hydrogen-bond acceptors (Lipinski definition) is 22. The van der Waals surface area contributed by atoms with Gasteiger partial charge in [-0.05, 0) is 173 Å². The third-order valence-corrected chi connectivity index (χ3v) is 16.9. The normalized spacial score (nSPS) is 13.6. The number of carbonyl (C=O) groups is 12. The molecule has 0 aliphatic rings. The van der Waals surface area contributed by atoms with E-state index in [0.717, 1.165) is 0 Å². The lowest BCUT2D eigenvalue weighted by Crippen LogP contribution is -2.62. The number of phenols is 1. The Morgan fingerprint density at radius 2 is 0.589 bits per heavy atom. The second kappa shape index (κ2) is 53.9. The quantitative estimate of drug-likeness (QED) is 0.0164. The average molecular weight is 1590 g/mol. The number of unbranched alkanes of at least 4 members (excludes halogenated alkanes) is 2. The van der Waals surface area contributed by atoms with Crippen molar-refractivity contribution in [2.75, 3.05) is 52.4 Å². The number of amides is 12. The van der Waals surface area contributed by atoms with Gasteiger partial charge < -0.3 is 153 Å². The Kier molecular flexibility index (Phi) is 47.2. The van der Waals surface area contributed by atoms with Crippen LogP contribution >= 0.6 is 0 Å². The van der Waals surface area contributed by atoms with Crippen molar-refractivity contribution in [3.05, 3.63) is 29.8 Å². The van der Waals surface area contributed by atoms with Crippen LogP contribution in [-0.2, 0) is 64.0 Å². The maximum Gasteiger partial charge on any atom is 0.245 e. The van der Waals surface area contributed by atoms with E-state index in [9.17, 15) is 62.6 Å². The topological polar surface area (TPSA) is 847 Å². The molecule has 0 saturated carbocycles. The Hall–Kier alpha value is -11.8. The van der Waals surface area contributed by atoms with Crippen molar-refractivity contribution in [2.45, 2.75) is 215 Å². The van der Waals surface area contributed by atoms with Crippen molar-refractivity contribution in [1.82, 2.24) is 85.1 Å². The van der Waals surface area contributed by atoms with Crippen LogP contribution in [0.5, 0.6) is 5.75 Å². The minimum Gasteiger partial charge on any atom is -0.508 e. The molecular weight excluding hydrogens is 1460 g/mol. The molecule has 1 rings (SSSR count). The number of aromatic hydroxyl groups is 1. The third kappa shape index (κ3) is 43.4. The van der Waals surface area contributed by atoms with Crippen LogP contribution in [0.3, 0.4) is 0 Å². The number of primary amides is 2. The summed E-state index contributed by atoms with van der Waals surface area (Å²) in [4.78, 5) is 169. The summed E-state index contributed by atoms with van der Waals surface area (Å²) in [5.41, 5.74) is 61.0. The molecule has 1 aromatic carbocycles. The number of benzene rings is 1. The second-order valence-corrected chi connectivity index (χ2v) is 27.0. The summed E-state index contributed by atoms with van der Waals surface area (Å²) >= 11 is 0. The van der Waals surface area contributed by atoms with Gasteiger partial charge in [0.1, 0.15) is 65.7 Å². The van der Waals surface area contributed by atoms with Crippen LogP contribution in [0, 0.1) is 32.5 Å². The van der Waals surface area contributed by atoms with Crippen molar-refractivity contribution < 1.29 is 62.6 Å². The highest BCUT2D eigenvalue weighted by molar-refractivity contribution is 6.00. The van der Waals surface area contributed by atoms with Gasteiger partial charge in [0, 0.05) is 45.7 Å². The Morgan fingerprint density at radius 1 is 0.348 bits per heavy atom. The summed E-state index contributed by atoms with van der Waals surface area (Å²) in [7, 11) is 0. The monoisotopic (exact) mass is 1590 g/mol. The van der Waals surface area contributed by atoms with E-state index in [1.807, 2.05) is 0 Å². The number of guanidine groups is 6. The molecule has 0 radical (unpaired) electrons. The number of hydrogen-bond donors (Lipinski definition) is 34. The minimum atomic E-state index is -1.73. The lowest BCUT2D eigenvalue weighted by Gasteiger charge is -2.30. The molecule has 630 valence electrons. The smallest absolute Gasteiger partial charge is 0.245 e. The zero-order valence-corrected chi connectivity index (χ0v) is 63.8. The van der Waals surface area contributed by atoms with E-state index in [4.69, 9.17) is 95.5 Å². The molecule has 45 N–H and O–H groups in total. The van der Waals surface area contributed by atoms with Crippen molar-refractivity contribution in [3.63, 3.8) is 0 Å². The highest BCUT2D eigenvalue weighted by atomic mass is 16.3. The van der Waals surface area contributed by atoms with Crippen molar-refractivity contribution in [1.29, 1.82) is 32.5 Å². The number of nitrogens with two attached hydrogens (primary N) is 11. The number of nitrogens with one attached hydrogen (secondary N) is 22. The van der Waals surface area contributed by atoms with E-state index in [0.29, 0.717) is 18.4 Å². The molecule has 112 heavy (non-hydrogen) atoms. The van der Waals surface area contributed by atoms with E-state index in [1.54, 1.807) is 12.1 Å². The zero-order chi connectivity index (χ0) is 84.5. The average Bonchev–Trinajstić information content (AvgIpc) is 0.848. The molecule has 0 unspecified atom stereocenters. The highest BCUT2D eigenvalue weighted by Gasteiger charge is 2.38. The standard InChI is InChI=1S/C66H123N33O13/c1-66(2,99-50(103)38(69)35-36-21-23-37(100)24-22-36)59(112)98-46(20-12-34-89-65(82)83)57(110)92-41(14-4-6-28-68)52(105)91-40(13-3-5-27-67)53(106)94-43(17-9-31-86-62(76)77)54(107)95-45(19-11-33-88-64(80)81)56(109)97-47(25-26-48(70)101)58(111)96-44(18-10-32-87-63(78)79)55(108)93-42(16-8-30-85-61(74)75)51(104)90-39(49(71)102)15-7-29-84-60(72)73/h21-24,38-47,100H,3-20,25-35,67-69H2,1-2H3,(H2,70,101)(H2,71,102)(H,90,104)(H,91,105)(H,92,110)(H,93,108)(H,94,106)(H,95,107)(H,96,111)(H,97,109)(H,98,112)(H,99,103)(H4,72,73,84)(H4,74,75,85)(H4,76,77,86)(H4,78,79,87)(H4,80,81,88)(H4,82,83,89)/t38-,39-,40-,41-,42-,43-,44-,45-,46-,47-/m0/s1. The van der Waals surface area contributed by atoms with Crippen molar-refractivity contribution in [2.24, 2.45) is 63.1 Å². The predicted octanol–water partition coefficient (Wildman–Crippen LogP) is -9.89. The lowest BCUT2D eigenvalue weighted by molar-refractivity contribution is -0.137. The fraction of sp³-hybridized carbons (Fsp3) is 0.636. The van der Waals surface area contributed by atoms with E-state index >= 15 is 0 Å². The van der Waals surface area contributed by atoms with Crippen LogP contribution in [0.25, 0.3) is 0 Å². The molecule has 0 spiro atoms. The van der Waals surface area contributed by atoms with Gasteiger partial charge in [0.25, 0.3) is 0 Å². The highest BCUT2D eigenvalue weighted by Crippen LogP contribution is 2.15. The predicted molar refractivity (Wildman–Crippen MR) is 418 cm³/mol. The number of carbonyl (C=O) groups excluding carboxylic acids is 12. The van der Waals surface area contributed by atoms with Gasteiger partial charge in [-0.3, -0.25) is 90.0 Å². The summed E-state index contributed by atoms with van der Waals surface area (Å²) in [6.07, 6.45) is -0.584. The summed E-state index contributed by atoms with van der Waals surface area (Å²) < 4.78 is 0. The molecule has 0 heterocycles. The fourth-order valence-electron chi connectivity index (χ4n) is 10.8. The Morgan fingerprint density at radius 3 is 0.839 bits per heavy atom. The van der Waals surface area contributed by atoms with E-state index in [-0.39, 0.29) is 179 Å². The summed E-state index contributed by atoms with van der Waals surface area (Å²) in [5, 5.41) is 97.0. The first-order chi connectivity index (χ1) is 52.8. The first-order valence-corrected chi connectivity index (χ1v) is 36.8. The van der Waals surface area contributed by atoms with Gasteiger partial charge in [-0.1, -0.05) is 12.1 Å². The fourth-order valence-corrected chi connectivity index (χ4v) is 10.8. The van der Waals surface area contributed by atoms with E-state index in [2.05, 4.69) is 85.1 Å². The van der Waals surface area contributed by atoms with Crippen LogP contribution in [0.15, 0.2) is 24.3 Å².